The van der Waals surface area contributed by atoms with Gasteiger partial charge in [-0.05, 0) is 55.3 Å². The monoisotopic (exact) mass is 406 g/mol. The molecular formula is C19H19FN2O5S. The molecule has 0 atom stereocenters. The van der Waals surface area contributed by atoms with Crippen LogP contribution < -0.4 is 14.2 Å². The first-order valence-corrected chi connectivity index (χ1v) is 10.4. The summed E-state index contributed by atoms with van der Waals surface area (Å²) in [5, 5.41) is 0. The highest BCUT2D eigenvalue weighted by Gasteiger charge is 2.28. The van der Waals surface area contributed by atoms with Crippen LogP contribution in [0.4, 0.5) is 4.39 Å². The summed E-state index contributed by atoms with van der Waals surface area (Å²) in [7, 11) is -3.72. The van der Waals surface area contributed by atoms with Gasteiger partial charge < -0.3 is 14.4 Å². The van der Waals surface area contributed by atoms with Crippen LogP contribution in [-0.2, 0) is 10.0 Å². The van der Waals surface area contributed by atoms with Gasteiger partial charge in [0.1, 0.15) is 5.82 Å². The van der Waals surface area contributed by atoms with E-state index in [2.05, 4.69) is 4.72 Å². The molecular weight excluding hydrogens is 387 g/mol. The predicted octanol–water partition coefficient (Wildman–Crippen LogP) is 2.14. The Hall–Kier alpha value is -2.65. The molecule has 0 spiro atoms. The molecule has 2 aromatic rings. The molecule has 28 heavy (non-hydrogen) atoms. The second-order valence-corrected chi connectivity index (χ2v) is 8.42. The molecule has 2 aliphatic heterocycles. The van der Waals surface area contributed by atoms with Gasteiger partial charge >= 0.3 is 0 Å². The minimum atomic E-state index is -3.72. The van der Waals surface area contributed by atoms with E-state index in [-0.39, 0.29) is 23.6 Å². The number of rotatable bonds is 4. The number of fused-ring (bicyclic) bond motifs is 1. The van der Waals surface area contributed by atoms with Crippen LogP contribution in [0.5, 0.6) is 11.5 Å². The molecule has 2 heterocycles. The molecule has 1 amide bonds. The van der Waals surface area contributed by atoms with Gasteiger partial charge in [0, 0.05) is 24.7 Å². The molecule has 0 aromatic heterocycles. The van der Waals surface area contributed by atoms with Crippen LogP contribution in [0.25, 0.3) is 0 Å². The highest BCUT2D eigenvalue weighted by atomic mass is 32.2. The largest absolute Gasteiger partial charge is 0.454 e. The number of benzene rings is 2. The molecule has 148 valence electrons. The van der Waals surface area contributed by atoms with Crippen molar-refractivity contribution in [3.8, 4) is 11.5 Å². The molecule has 4 rings (SSSR count). The highest BCUT2D eigenvalue weighted by molar-refractivity contribution is 7.89. The number of nitrogens with zero attached hydrogens (tertiary/aromatic N) is 1. The number of sulfonamides is 1. The van der Waals surface area contributed by atoms with Crippen molar-refractivity contribution in [2.75, 3.05) is 19.9 Å². The van der Waals surface area contributed by atoms with Crippen molar-refractivity contribution in [1.29, 1.82) is 0 Å². The Labute approximate surface area is 162 Å². The highest BCUT2D eigenvalue weighted by Crippen LogP contribution is 2.33. The topological polar surface area (TPSA) is 84.9 Å². The van der Waals surface area contributed by atoms with Gasteiger partial charge in [0.25, 0.3) is 5.91 Å². The molecule has 0 aliphatic carbocycles. The second kappa shape index (κ2) is 7.40. The number of hydrogen-bond acceptors (Lipinski definition) is 5. The lowest BCUT2D eigenvalue weighted by Crippen LogP contribution is -2.46. The third-order valence-corrected chi connectivity index (χ3v) is 6.38. The van der Waals surface area contributed by atoms with Gasteiger partial charge in [0.2, 0.25) is 16.8 Å². The van der Waals surface area contributed by atoms with Crippen LogP contribution in [-0.4, -0.2) is 45.1 Å². The lowest BCUT2D eigenvalue weighted by Gasteiger charge is -2.32. The SMILES string of the molecule is O=C(c1ccc2c(c1)OCO2)N1CCC(NS(=O)(=O)c2ccc(F)cc2)CC1. The molecule has 0 unspecified atom stereocenters. The van der Waals surface area contributed by atoms with Gasteiger partial charge in [0.05, 0.1) is 4.90 Å². The molecule has 0 saturated carbocycles. The number of halogens is 1. The van der Waals surface area contributed by atoms with E-state index in [0.29, 0.717) is 43.0 Å². The zero-order chi connectivity index (χ0) is 19.7. The number of hydrogen-bond donors (Lipinski definition) is 1. The third kappa shape index (κ3) is 3.81. The van der Waals surface area contributed by atoms with Crippen LogP contribution in [0, 0.1) is 5.82 Å². The normalized spacial score (nSPS) is 17.0. The summed E-state index contributed by atoms with van der Waals surface area (Å²) in [4.78, 5) is 14.4. The van der Waals surface area contributed by atoms with E-state index in [4.69, 9.17) is 9.47 Å². The lowest BCUT2D eigenvalue weighted by molar-refractivity contribution is 0.0711. The van der Waals surface area contributed by atoms with Crippen LogP contribution in [0.1, 0.15) is 23.2 Å². The number of likely N-dealkylation sites (tertiary alicyclic amines) is 1. The Kier molecular flexibility index (Phi) is 4.94. The van der Waals surface area contributed by atoms with Gasteiger partial charge in [0.15, 0.2) is 11.5 Å². The van der Waals surface area contributed by atoms with Crippen LogP contribution >= 0.6 is 0 Å². The van der Waals surface area contributed by atoms with Crippen molar-refractivity contribution in [1.82, 2.24) is 9.62 Å². The first-order chi connectivity index (χ1) is 13.4. The third-order valence-electron chi connectivity index (χ3n) is 4.85. The number of piperidine rings is 1. The summed E-state index contributed by atoms with van der Waals surface area (Å²) in [5.41, 5.74) is 0.509. The molecule has 0 radical (unpaired) electrons. The number of amides is 1. The second-order valence-electron chi connectivity index (χ2n) is 6.71. The van der Waals surface area contributed by atoms with Crippen molar-refractivity contribution in [3.63, 3.8) is 0 Å². The van der Waals surface area contributed by atoms with Crippen molar-refractivity contribution in [2.24, 2.45) is 0 Å². The minimum Gasteiger partial charge on any atom is -0.454 e. The predicted molar refractivity (Wildman–Crippen MR) is 98.2 cm³/mol. The Bertz CT molecular complexity index is 986. The fraction of sp³-hybridized carbons (Fsp3) is 0.316. The first kappa shape index (κ1) is 18.7. The van der Waals surface area contributed by atoms with Crippen LogP contribution in [0.3, 0.4) is 0 Å². The quantitative estimate of drug-likeness (QED) is 0.841. The van der Waals surface area contributed by atoms with Crippen molar-refractivity contribution < 1.29 is 27.1 Å². The number of carbonyl (C=O) groups is 1. The average molecular weight is 406 g/mol. The zero-order valence-corrected chi connectivity index (χ0v) is 15.7. The van der Waals surface area contributed by atoms with Gasteiger partial charge in [-0.15, -0.1) is 0 Å². The Morgan fingerprint density at radius 3 is 2.43 bits per heavy atom. The maximum atomic E-state index is 13.0. The van der Waals surface area contributed by atoms with Gasteiger partial charge in [-0.1, -0.05) is 0 Å². The first-order valence-electron chi connectivity index (χ1n) is 8.89. The Morgan fingerprint density at radius 1 is 1.04 bits per heavy atom. The lowest BCUT2D eigenvalue weighted by atomic mass is 10.0. The molecule has 0 bridgehead atoms. The van der Waals surface area contributed by atoms with E-state index >= 15 is 0 Å². The average Bonchev–Trinajstić information content (AvgIpc) is 3.16. The summed E-state index contributed by atoms with van der Waals surface area (Å²) in [6.45, 7) is 1.01. The summed E-state index contributed by atoms with van der Waals surface area (Å²) in [5.74, 6) is 0.547. The molecule has 2 aliphatic rings. The van der Waals surface area contributed by atoms with Gasteiger partial charge in [-0.3, -0.25) is 4.79 Å². The summed E-state index contributed by atoms with van der Waals surface area (Å²) < 4.78 is 51.0. The fourth-order valence-corrected chi connectivity index (χ4v) is 4.62. The molecule has 9 heteroatoms. The smallest absolute Gasteiger partial charge is 0.253 e. The van der Waals surface area contributed by atoms with Crippen molar-refractivity contribution >= 4 is 15.9 Å². The summed E-state index contributed by atoms with van der Waals surface area (Å²) in [6, 6.07) is 9.47. The molecule has 1 N–H and O–H groups in total. The molecule has 7 nitrogen and oxygen atoms in total. The molecule has 2 aromatic carbocycles. The van der Waals surface area contributed by atoms with Crippen LogP contribution in [0.2, 0.25) is 0 Å². The van der Waals surface area contributed by atoms with Crippen LogP contribution in [0.15, 0.2) is 47.4 Å². The van der Waals surface area contributed by atoms with Crippen molar-refractivity contribution in [2.45, 2.75) is 23.8 Å². The maximum absolute atomic E-state index is 13.0. The molecule has 1 fully saturated rings. The Morgan fingerprint density at radius 2 is 1.71 bits per heavy atom. The maximum Gasteiger partial charge on any atom is 0.253 e. The standard InChI is InChI=1S/C19H19FN2O5S/c20-14-2-4-16(5-3-14)28(24,25)21-15-7-9-22(10-8-15)19(23)13-1-6-17-18(11-13)27-12-26-17/h1-6,11,15,21H,7-10,12H2. The summed E-state index contributed by atoms with van der Waals surface area (Å²) in [6.07, 6.45) is 0.993. The van der Waals surface area contributed by atoms with E-state index in [1.807, 2.05) is 0 Å². The van der Waals surface area contributed by atoms with Crippen molar-refractivity contribution in [3.05, 3.63) is 53.8 Å². The van der Waals surface area contributed by atoms with E-state index in [9.17, 15) is 17.6 Å². The molecule has 1 saturated heterocycles. The zero-order valence-electron chi connectivity index (χ0n) is 14.9. The van der Waals surface area contributed by atoms with E-state index in [1.165, 1.54) is 12.1 Å². The van der Waals surface area contributed by atoms with Gasteiger partial charge in [-0.25, -0.2) is 17.5 Å². The fourth-order valence-electron chi connectivity index (χ4n) is 3.31. The number of carbonyl (C=O) groups excluding carboxylic acids is 1. The van der Waals surface area contributed by atoms with E-state index in [1.54, 1.807) is 23.1 Å². The van der Waals surface area contributed by atoms with Gasteiger partial charge in [-0.2, -0.15) is 0 Å². The Balaban J connectivity index is 1.36. The number of ether oxygens (including phenoxy) is 2. The minimum absolute atomic E-state index is 0.0211. The van der Waals surface area contributed by atoms with E-state index < -0.39 is 15.8 Å². The number of nitrogens with one attached hydrogen (secondary N) is 1. The van der Waals surface area contributed by atoms with E-state index in [0.717, 1.165) is 12.1 Å². The summed E-state index contributed by atoms with van der Waals surface area (Å²) >= 11 is 0.